The molecular formula is C12H20. The number of hydrogen-bond donors (Lipinski definition) is 0. The van der Waals surface area contributed by atoms with Gasteiger partial charge in [0, 0.05) is 12.3 Å². The zero-order valence-corrected chi connectivity index (χ0v) is 8.40. The van der Waals surface area contributed by atoms with E-state index >= 15 is 0 Å². The van der Waals surface area contributed by atoms with Crippen molar-refractivity contribution in [3.05, 3.63) is 0 Å². The molecule has 0 bridgehead atoms. The van der Waals surface area contributed by atoms with Gasteiger partial charge in [-0.05, 0) is 18.8 Å². The highest BCUT2D eigenvalue weighted by molar-refractivity contribution is 5.02. The third-order valence-corrected chi connectivity index (χ3v) is 2.51. The fourth-order valence-electron chi connectivity index (χ4n) is 1.80. The first-order chi connectivity index (χ1) is 5.79. The molecule has 0 aromatic rings. The minimum Gasteiger partial charge on any atom is -0.103 e. The van der Waals surface area contributed by atoms with E-state index in [4.69, 9.17) is 0 Å². The van der Waals surface area contributed by atoms with Crippen molar-refractivity contribution < 1.29 is 0 Å². The zero-order valence-electron chi connectivity index (χ0n) is 8.40. The Hall–Kier alpha value is -0.440. The topological polar surface area (TPSA) is 0 Å². The Kier molecular flexibility index (Phi) is 4.22. The van der Waals surface area contributed by atoms with Gasteiger partial charge in [-0.1, -0.05) is 33.1 Å². The van der Waals surface area contributed by atoms with E-state index in [0.717, 1.165) is 12.3 Å². The van der Waals surface area contributed by atoms with Gasteiger partial charge >= 0.3 is 0 Å². The fraction of sp³-hybridized carbons (Fsp3) is 0.833. The van der Waals surface area contributed by atoms with Crippen LogP contribution < -0.4 is 0 Å². The predicted molar refractivity (Wildman–Crippen MR) is 53.8 cm³/mol. The Bertz CT molecular complexity index is 162. The van der Waals surface area contributed by atoms with E-state index in [1.807, 2.05) is 0 Å². The quantitative estimate of drug-likeness (QED) is 0.519. The first-order valence-corrected chi connectivity index (χ1v) is 5.27. The largest absolute Gasteiger partial charge is 0.103 e. The lowest BCUT2D eigenvalue weighted by molar-refractivity contribution is 0.365. The van der Waals surface area contributed by atoms with E-state index in [2.05, 4.69) is 25.7 Å². The highest BCUT2D eigenvalue weighted by atomic mass is 14.2. The van der Waals surface area contributed by atoms with Crippen LogP contribution in [0.25, 0.3) is 0 Å². The SMILES string of the molecule is CC(C)C#CCC1CCCCC1. The Labute approximate surface area is 76.7 Å². The van der Waals surface area contributed by atoms with Gasteiger partial charge in [-0.25, -0.2) is 0 Å². The molecule has 0 N–H and O–H groups in total. The molecule has 0 amide bonds. The number of rotatable bonds is 1. The molecule has 1 saturated carbocycles. The van der Waals surface area contributed by atoms with Gasteiger partial charge in [0.25, 0.3) is 0 Å². The molecule has 0 atom stereocenters. The lowest BCUT2D eigenvalue weighted by Gasteiger charge is -2.18. The maximum Gasteiger partial charge on any atom is 0.0146 e. The minimum atomic E-state index is 0.550. The van der Waals surface area contributed by atoms with Crippen LogP contribution in [0.1, 0.15) is 52.4 Å². The van der Waals surface area contributed by atoms with Crippen molar-refractivity contribution in [3.8, 4) is 11.8 Å². The molecule has 1 aliphatic rings. The van der Waals surface area contributed by atoms with Crippen LogP contribution in [-0.2, 0) is 0 Å². The van der Waals surface area contributed by atoms with Gasteiger partial charge in [-0.15, -0.1) is 11.8 Å². The Morgan fingerprint density at radius 3 is 2.42 bits per heavy atom. The van der Waals surface area contributed by atoms with Gasteiger partial charge in [0.2, 0.25) is 0 Å². The average Bonchev–Trinajstić information content (AvgIpc) is 2.05. The maximum atomic E-state index is 3.30. The van der Waals surface area contributed by atoms with Crippen LogP contribution in [0.5, 0.6) is 0 Å². The van der Waals surface area contributed by atoms with Crippen molar-refractivity contribution in [2.45, 2.75) is 52.4 Å². The summed E-state index contributed by atoms with van der Waals surface area (Å²) in [4.78, 5) is 0. The molecule has 0 heteroatoms. The van der Waals surface area contributed by atoms with E-state index in [1.165, 1.54) is 32.1 Å². The second-order valence-electron chi connectivity index (χ2n) is 4.18. The standard InChI is InChI=1S/C12H20/c1-11(2)7-6-10-12-8-4-3-5-9-12/h11-12H,3-5,8-10H2,1-2H3. The van der Waals surface area contributed by atoms with Gasteiger partial charge in [-0.3, -0.25) is 0 Å². The average molecular weight is 164 g/mol. The van der Waals surface area contributed by atoms with Crippen molar-refractivity contribution in [2.75, 3.05) is 0 Å². The first-order valence-electron chi connectivity index (χ1n) is 5.27. The lowest BCUT2D eigenvalue weighted by Crippen LogP contribution is -2.04. The molecule has 68 valence electrons. The van der Waals surface area contributed by atoms with E-state index in [0.29, 0.717) is 5.92 Å². The second-order valence-corrected chi connectivity index (χ2v) is 4.18. The molecule has 12 heavy (non-hydrogen) atoms. The Morgan fingerprint density at radius 2 is 1.83 bits per heavy atom. The van der Waals surface area contributed by atoms with E-state index in [1.54, 1.807) is 0 Å². The smallest absolute Gasteiger partial charge is 0.0146 e. The van der Waals surface area contributed by atoms with Crippen LogP contribution in [0.4, 0.5) is 0 Å². The van der Waals surface area contributed by atoms with E-state index < -0.39 is 0 Å². The molecule has 1 fully saturated rings. The predicted octanol–water partition coefficient (Wildman–Crippen LogP) is 3.62. The summed E-state index contributed by atoms with van der Waals surface area (Å²) in [7, 11) is 0. The zero-order chi connectivity index (χ0) is 8.81. The van der Waals surface area contributed by atoms with Crippen molar-refractivity contribution in [1.82, 2.24) is 0 Å². The Balaban J connectivity index is 2.18. The molecule has 0 aliphatic heterocycles. The number of hydrogen-bond acceptors (Lipinski definition) is 0. The first kappa shape index (κ1) is 9.65. The van der Waals surface area contributed by atoms with Crippen molar-refractivity contribution in [3.63, 3.8) is 0 Å². The molecule has 0 radical (unpaired) electrons. The summed E-state index contributed by atoms with van der Waals surface area (Å²) in [5, 5.41) is 0. The van der Waals surface area contributed by atoms with Crippen LogP contribution in [0, 0.1) is 23.7 Å². The van der Waals surface area contributed by atoms with Crippen LogP contribution in [0.3, 0.4) is 0 Å². The molecule has 1 aliphatic carbocycles. The van der Waals surface area contributed by atoms with Gasteiger partial charge in [0.1, 0.15) is 0 Å². The summed E-state index contributed by atoms with van der Waals surface area (Å²) in [5.41, 5.74) is 0. The second kappa shape index (κ2) is 5.25. The molecule has 0 aromatic heterocycles. The minimum absolute atomic E-state index is 0.550. The summed E-state index contributed by atoms with van der Waals surface area (Å²) in [6.07, 6.45) is 8.33. The normalized spacial score (nSPS) is 18.9. The molecule has 0 spiro atoms. The molecule has 0 unspecified atom stereocenters. The van der Waals surface area contributed by atoms with Crippen LogP contribution in [0.15, 0.2) is 0 Å². The summed E-state index contributed by atoms with van der Waals surface area (Å²) in [6.45, 7) is 4.32. The van der Waals surface area contributed by atoms with Crippen LogP contribution in [0.2, 0.25) is 0 Å². The van der Waals surface area contributed by atoms with E-state index in [-0.39, 0.29) is 0 Å². The molecular weight excluding hydrogens is 144 g/mol. The summed E-state index contributed by atoms with van der Waals surface area (Å²) in [5.74, 6) is 8.02. The summed E-state index contributed by atoms with van der Waals surface area (Å²) >= 11 is 0. The van der Waals surface area contributed by atoms with Gasteiger partial charge in [-0.2, -0.15) is 0 Å². The van der Waals surface area contributed by atoms with Crippen molar-refractivity contribution >= 4 is 0 Å². The molecule has 0 nitrogen and oxygen atoms in total. The lowest BCUT2D eigenvalue weighted by atomic mass is 9.87. The van der Waals surface area contributed by atoms with Crippen molar-refractivity contribution in [1.29, 1.82) is 0 Å². The molecule has 0 aromatic carbocycles. The van der Waals surface area contributed by atoms with Crippen molar-refractivity contribution in [2.24, 2.45) is 11.8 Å². The summed E-state index contributed by atoms with van der Waals surface area (Å²) < 4.78 is 0. The maximum absolute atomic E-state index is 3.30. The van der Waals surface area contributed by atoms with Gasteiger partial charge in [0.05, 0.1) is 0 Å². The highest BCUT2D eigenvalue weighted by Crippen LogP contribution is 2.25. The fourth-order valence-corrected chi connectivity index (χ4v) is 1.80. The molecule has 0 saturated heterocycles. The third-order valence-electron chi connectivity index (χ3n) is 2.51. The van der Waals surface area contributed by atoms with Crippen LogP contribution >= 0.6 is 0 Å². The van der Waals surface area contributed by atoms with Gasteiger partial charge in [0.15, 0.2) is 0 Å². The van der Waals surface area contributed by atoms with Crippen LogP contribution in [-0.4, -0.2) is 0 Å². The third kappa shape index (κ3) is 3.81. The highest BCUT2D eigenvalue weighted by Gasteiger charge is 2.11. The van der Waals surface area contributed by atoms with E-state index in [9.17, 15) is 0 Å². The molecule has 0 heterocycles. The molecule has 1 rings (SSSR count). The summed E-state index contributed by atoms with van der Waals surface area (Å²) in [6, 6.07) is 0. The Morgan fingerprint density at radius 1 is 1.17 bits per heavy atom. The van der Waals surface area contributed by atoms with Gasteiger partial charge < -0.3 is 0 Å². The monoisotopic (exact) mass is 164 g/mol.